The van der Waals surface area contributed by atoms with E-state index in [0.717, 1.165) is 23.8 Å². The molecule has 1 amide bonds. The second-order valence-corrected chi connectivity index (χ2v) is 6.25. The van der Waals surface area contributed by atoms with Crippen LogP contribution in [0.1, 0.15) is 10.4 Å². The third-order valence-electron chi connectivity index (χ3n) is 3.30. The summed E-state index contributed by atoms with van der Waals surface area (Å²) in [6.45, 7) is 0. The van der Waals surface area contributed by atoms with Gasteiger partial charge in [0, 0.05) is 28.1 Å². The molecule has 7 nitrogen and oxygen atoms in total. The highest BCUT2D eigenvalue weighted by Crippen LogP contribution is 2.28. The molecule has 9 heteroatoms. The van der Waals surface area contributed by atoms with Crippen LogP contribution in [0.4, 0.5) is 10.8 Å². The number of aromatic nitrogens is 1. The van der Waals surface area contributed by atoms with E-state index in [1.165, 1.54) is 11.3 Å². The van der Waals surface area contributed by atoms with Gasteiger partial charge in [-0.05, 0) is 18.2 Å². The average molecular weight is 376 g/mol. The molecule has 0 saturated heterocycles. The smallest absolute Gasteiger partial charge is 0.270 e. The van der Waals surface area contributed by atoms with Crippen LogP contribution in [0.2, 0.25) is 5.02 Å². The quantitative estimate of drug-likeness (QED) is 0.521. The summed E-state index contributed by atoms with van der Waals surface area (Å²) < 4.78 is 0. The topological polar surface area (TPSA) is 105 Å². The fourth-order valence-corrected chi connectivity index (χ4v) is 2.91. The summed E-state index contributed by atoms with van der Waals surface area (Å²) in [6, 6.07) is 10.3. The van der Waals surface area contributed by atoms with E-state index >= 15 is 0 Å². The van der Waals surface area contributed by atoms with Crippen LogP contribution in [0, 0.1) is 10.1 Å². The number of benzene rings is 2. The normalized spacial score (nSPS) is 10.4. The molecule has 126 valence electrons. The molecule has 2 N–H and O–H groups in total. The number of nitrogens with zero attached hydrogens (tertiary/aromatic N) is 2. The van der Waals surface area contributed by atoms with Crippen LogP contribution in [-0.2, 0) is 0 Å². The summed E-state index contributed by atoms with van der Waals surface area (Å²) in [5, 5.41) is 25.8. The van der Waals surface area contributed by atoms with Gasteiger partial charge in [0.2, 0.25) is 0 Å². The molecule has 0 spiro atoms. The molecule has 0 aliphatic rings. The predicted molar refractivity (Wildman–Crippen MR) is 95.3 cm³/mol. The van der Waals surface area contributed by atoms with Gasteiger partial charge in [0.25, 0.3) is 11.6 Å². The first-order valence-corrected chi connectivity index (χ1v) is 8.20. The molecular weight excluding hydrogens is 366 g/mol. The number of non-ortho nitro benzene ring substituents is 1. The third-order valence-corrected chi connectivity index (χ3v) is 4.31. The summed E-state index contributed by atoms with van der Waals surface area (Å²) in [7, 11) is 0. The SMILES string of the molecule is O=C(Nc1nc(-c2ccc(Cl)cc2)cs1)c1cc([N+](=O)[O-])ccc1O. The molecule has 0 bridgehead atoms. The molecule has 3 rings (SSSR count). The zero-order chi connectivity index (χ0) is 18.0. The van der Waals surface area contributed by atoms with Crippen molar-refractivity contribution in [2.24, 2.45) is 0 Å². The molecule has 2 aromatic carbocycles. The molecule has 0 fully saturated rings. The van der Waals surface area contributed by atoms with E-state index in [-0.39, 0.29) is 17.0 Å². The maximum atomic E-state index is 12.3. The van der Waals surface area contributed by atoms with E-state index in [1.54, 1.807) is 29.6 Å². The summed E-state index contributed by atoms with van der Waals surface area (Å²) in [5.74, 6) is -1.03. The molecule has 0 saturated carbocycles. The number of phenols is 1. The molecule has 0 atom stereocenters. The van der Waals surface area contributed by atoms with Crippen molar-refractivity contribution in [2.45, 2.75) is 0 Å². The van der Waals surface area contributed by atoms with Gasteiger partial charge < -0.3 is 5.11 Å². The maximum Gasteiger partial charge on any atom is 0.270 e. The van der Waals surface area contributed by atoms with Crippen molar-refractivity contribution >= 4 is 39.7 Å². The fraction of sp³-hybridized carbons (Fsp3) is 0. The largest absolute Gasteiger partial charge is 0.507 e. The Morgan fingerprint density at radius 2 is 1.96 bits per heavy atom. The van der Waals surface area contributed by atoms with Gasteiger partial charge in [0.05, 0.1) is 16.2 Å². The minimum absolute atomic E-state index is 0.197. The number of aromatic hydroxyl groups is 1. The molecular formula is C16H10ClN3O4S. The van der Waals surface area contributed by atoms with Crippen LogP contribution >= 0.6 is 22.9 Å². The molecule has 1 aromatic heterocycles. The highest BCUT2D eigenvalue weighted by atomic mass is 35.5. The van der Waals surface area contributed by atoms with Crippen molar-refractivity contribution in [1.82, 2.24) is 4.98 Å². The molecule has 3 aromatic rings. The average Bonchev–Trinajstić information content (AvgIpc) is 3.04. The van der Waals surface area contributed by atoms with Crippen molar-refractivity contribution in [3.63, 3.8) is 0 Å². The Kier molecular flexibility index (Phi) is 4.64. The van der Waals surface area contributed by atoms with Gasteiger partial charge >= 0.3 is 0 Å². The lowest BCUT2D eigenvalue weighted by atomic mass is 10.1. The number of nitro benzene ring substituents is 1. The number of carbonyl (C=O) groups excluding carboxylic acids is 1. The Hall–Kier alpha value is -2.97. The second-order valence-electron chi connectivity index (χ2n) is 4.96. The first-order chi connectivity index (χ1) is 11.9. The minimum atomic E-state index is -0.682. The lowest BCUT2D eigenvalue weighted by Crippen LogP contribution is -2.12. The highest BCUT2D eigenvalue weighted by molar-refractivity contribution is 7.14. The van der Waals surface area contributed by atoms with Gasteiger partial charge in [-0.1, -0.05) is 23.7 Å². The number of hydrogen-bond acceptors (Lipinski definition) is 6. The van der Waals surface area contributed by atoms with E-state index in [2.05, 4.69) is 10.3 Å². The molecule has 0 aliphatic heterocycles. The number of amides is 1. The summed E-state index contributed by atoms with van der Waals surface area (Å²) in [4.78, 5) is 26.7. The van der Waals surface area contributed by atoms with Crippen LogP contribution < -0.4 is 5.32 Å². The molecule has 0 aliphatic carbocycles. The number of halogens is 1. The van der Waals surface area contributed by atoms with E-state index in [9.17, 15) is 20.0 Å². The first-order valence-electron chi connectivity index (χ1n) is 6.94. The second kappa shape index (κ2) is 6.88. The Morgan fingerprint density at radius 1 is 1.24 bits per heavy atom. The zero-order valence-electron chi connectivity index (χ0n) is 12.5. The lowest BCUT2D eigenvalue weighted by molar-refractivity contribution is -0.384. The van der Waals surface area contributed by atoms with Gasteiger partial charge in [-0.25, -0.2) is 4.98 Å². The zero-order valence-corrected chi connectivity index (χ0v) is 14.0. The Balaban J connectivity index is 1.81. The Bertz CT molecular complexity index is 956. The number of rotatable bonds is 4. The number of anilines is 1. The molecule has 25 heavy (non-hydrogen) atoms. The molecule has 1 heterocycles. The van der Waals surface area contributed by atoms with Gasteiger partial charge in [0.15, 0.2) is 5.13 Å². The van der Waals surface area contributed by atoms with E-state index in [1.807, 2.05) is 0 Å². The standard InChI is InChI=1S/C16H10ClN3O4S/c17-10-3-1-9(2-4-10)13-8-25-16(18-13)19-15(22)12-7-11(20(23)24)5-6-14(12)21/h1-8,21H,(H,18,19,22). The van der Waals surface area contributed by atoms with Crippen LogP contribution in [0.15, 0.2) is 47.8 Å². The molecule has 0 unspecified atom stereocenters. The third kappa shape index (κ3) is 3.76. The summed E-state index contributed by atoms with van der Waals surface area (Å²) >= 11 is 7.04. The summed E-state index contributed by atoms with van der Waals surface area (Å²) in [5.41, 5.74) is 1.00. The van der Waals surface area contributed by atoms with Gasteiger partial charge in [-0.3, -0.25) is 20.2 Å². The van der Waals surface area contributed by atoms with Crippen LogP contribution in [-0.4, -0.2) is 20.9 Å². The Morgan fingerprint density at radius 3 is 2.64 bits per heavy atom. The number of nitrogens with one attached hydrogen (secondary N) is 1. The van der Waals surface area contributed by atoms with Crippen molar-refractivity contribution < 1.29 is 14.8 Å². The van der Waals surface area contributed by atoms with Crippen molar-refractivity contribution in [3.05, 3.63) is 68.5 Å². The van der Waals surface area contributed by atoms with Gasteiger partial charge in [-0.15, -0.1) is 11.3 Å². The van der Waals surface area contributed by atoms with Crippen molar-refractivity contribution in [2.75, 3.05) is 5.32 Å². The van der Waals surface area contributed by atoms with Gasteiger partial charge in [0.1, 0.15) is 5.75 Å². The number of phenolic OH excluding ortho intramolecular Hbond substituents is 1. The monoisotopic (exact) mass is 375 g/mol. The van der Waals surface area contributed by atoms with Crippen LogP contribution in [0.3, 0.4) is 0 Å². The van der Waals surface area contributed by atoms with Crippen molar-refractivity contribution in [1.29, 1.82) is 0 Å². The number of nitro groups is 1. The van der Waals surface area contributed by atoms with E-state index in [0.29, 0.717) is 15.8 Å². The van der Waals surface area contributed by atoms with Crippen molar-refractivity contribution in [3.8, 4) is 17.0 Å². The van der Waals surface area contributed by atoms with E-state index in [4.69, 9.17) is 11.6 Å². The van der Waals surface area contributed by atoms with Crippen LogP contribution in [0.5, 0.6) is 5.75 Å². The minimum Gasteiger partial charge on any atom is -0.507 e. The number of carbonyl (C=O) groups is 1. The number of hydrogen-bond donors (Lipinski definition) is 2. The van der Waals surface area contributed by atoms with Gasteiger partial charge in [-0.2, -0.15) is 0 Å². The van der Waals surface area contributed by atoms with Crippen LogP contribution in [0.25, 0.3) is 11.3 Å². The lowest BCUT2D eigenvalue weighted by Gasteiger charge is -2.04. The first kappa shape index (κ1) is 16.9. The fourth-order valence-electron chi connectivity index (χ4n) is 2.07. The number of thiazole rings is 1. The summed E-state index contributed by atoms with van der Waals surface area (Å²) in [6.07, 6.45) is 0. The predicted octanol–water partition coefficient (Wildman–Crippen LogP) is 4.33. The Labute approximate surface area is 150 Å². The molecule has 0 radical (unpaired) electrons. The van der Waals surface area contributed by atoms with E-state index < -0.39 is 10.8 Å². The highest BCUT2D eigenvalue weighted by Gasteiger charge is 2.18. The maximum absolute atomic E-state index is 12.3.